The van der Waals surface area contributed by atoms with Gasteiger partial charge < -0.3 is 14.6 Å². The van der Waals surface area contributed by atoms with E-state index in [9.17, 15) is 18.7 Å². The quantitative estimate of drug-likeness (QED) is 0.619. The highest BCUT2D eigenvalue weighted by atomic mass is 32.1. The van der Waals surface area contributed by atoms with E-state index in [0.29, 0.717) is 16.1 Å². The number of hydrogen-bond acceptors (Lipinski definition) is 5. The number of methoxy groups -OCH3 is 1. The van der Waals surface area contributed by atoms with Crippen molar-refractivity contribution in [3.63, 3.8) is 0 Å². The zero-order valence-electron chi connectivity index (χ0n) is 14.2. The Labute approximate surface area is 157 Å². The molecular formula is C19H15F2NO4S. The highest BCUT2D eigenvalue weighted by molar-refractivity contribution is 7.19. The number of fused-ring (bicyclic) bond motifs is 1. The van der Waals surface area contributed by atoms with Crippen LogP contribution in [0.5, 0.6) is 11.5 Å². The number of hydrogen-bond donors (Lipinski definition) is 1. The largest absolute Gasteiger partial charge is 0.493 e. The van der Waals surface area contributed by atoms with Crippen LogP contribution in [-0.4, -0.2) is 29.8 Å². The van der Waals surface area contributed by atoms with E-state index in [1.54, 1.807) is 12.1 Å². The van der Waals surface area contributed by atoms with Crippen LogP contribution in [0.1, 0.15) is 17.0 Å². The molecule has 27 heavy (non-hydrogen) atoms. The van der Waals surface area contributed by atoms with Gasteiger partial charge in [0.2, 0.25) is 0 Å². The number of halogens is 2. The summed E-state index contributed by atoms with van der Waals surface area (Å²) in [5.74, 6) is -0.961. The number of aromatic nitrogens is 1. The molecule has 0 aliphatic rings. The van der Waals surface area contributed by atoms with Crippen LogP contribution in [-0.2, 0) is 4.79 Å². The Balaban J connectivity index is 2.01. The summed E-state index contributed by atoms with van der Waals surface area (Å²) in [4.78, 5) is 15.8. The van der Waals surface area contributed by atoms with Crippen LogP contribution in [0.2, 0.25) is 0 Å². The fourth-order valence-electron chi connectivity index (χ4n) is 2.53. The summed E-state index contributed by atoms with van der Waals surface area (Å²) in [6.07, 6.45) is 1.43. The smallest absolute Gasteiger partial charge is 0.387 e. The van der Waals surface area contributed by atoms with E-state index in [1.165, 1.54) is 30.6 Å². The summed E-state index contributed by atoms with van der Waals surface area (Å²) in [6, 6.07) is 11.9. The third kappa shape index (κ3) is 4.59. The number of ether oxygens (including phenoxy) is 2. The molecule has 0 saturated carbocycles. The first-order chi connectivity index (χ1) is 13.0. The van der Waals surface area contributed by atoms with Crippen molar-refractivity contribution in [2.45, 2.75) is 13.0 Å². The average molecular weight is 391 g/mol. The first-order valence-corrected chi connectivity index (χ1v) is 8.69. The number of aliphatic carboxylic acids is 1. The van der Waals surface area contributed by atoms with Gasteiger partial charge >= 0.3 is 12.6 Å². The lowest BCUT2D eigenvalue weighted by Crippen LogP contribution is -2.03. The van der Waals surface area contributed by atoms with Gasteiger partial charge in [-0.15, -0.1) is 11.3 Å². The average Bonchev–Trinajstić information content (AvgIpc) is 3.05. The van der Waals surface area contributed by atoms with Crippen LogP contribution in [0.15, 0.2) is 42.5 Å². The summed E-state index contributed by atoms with van der Waals surface area (Å²) < 4.78 is 35.3. The van der Waals surface area contributed by atoms with Gasteiger partial charge in [0.05, 0.1) is 23.7 Å². The van der Waals surface area contributed by atoms with Gasteiger partial charge in [0, 0.05) is 0 Å². The number of alkyl halides is 2. The molecule has 0 unspecified atom stereocenters. The van der Waals surface area contributed by atoms with E-state index in [1.807, 2.05) is 24.3 Å². The number of thiazole rings is 1. The number of carboxylic acid groups (broad SMARTS) is 1. The zero-order chi connectivity index (χ0) is 19.4. The molecule has 2 aromatic carbocycles. The standard InChI is InChI=1S/C19H15F2NO4S/c1-25-15-9-11(6-7-14(15)26-19(20)21)8-12(10-17(23)24)18-22-13-4-2-3-5-16(13)27-18/h2-9,19H,10H2,1H3,(H,23,24)/b12-8-. The Morgan fingerprint density at radius 2 is 2.04 bits per heavy atom. The van der Waals surface area contributed by atoms with Crippen LogP contribution < -0.4 is 9.47 Å². The number of nitrogens with zero attached hydrogens (tertiary/aromatic N) is 1. The van der Waals surface area contributed by atoms with Crippen molar-refractivity contribution in [3.05, 3.63) is 53.0 Å². The van der Waals surface area contributed by atoms with Gasteiger partial charge in [0.25, 0.3) is 0 Å². The Hall–Kier alpha value is -3.00. The predicted molar refractivity (Wildman–Crippen MR) is 99.4 cm³/mol. The number of rotatable bonds is 7. The van der Waals surface area contributed by atoms with E-state index in [0.717, 1.165) is 10.2 Å². The second-order valence-corrected chi connectivity index (χ2v) is 6.55. The molecule has 0 spiro atoms. The van der Waals surface area contributed by atoms with Crippen molar-refractivity contribution in [2.24, 2.45) is 0 Å². The highest BCUT2D eigenvalue weighted by Crippen LogP contribution is 2.33. The van der Waals surface area contributed by atoms with E-state index in [4.69, 9.17) is 4.74 Å². The molecule has 0 bridgehead atoms. The number of carboxylic acids is 1. The fraction of sp³-hybridized carbons (Fsp3) is 0.158. The molecule has 0 radical (unpaired) electrons. The summed E-state index contributed by atoms with van der Waals surface area (Å²) in [5, 5.41) is 9.84. The highest BCUT2D eigenvalue weighted by Gasteiger charge is 2.14. The van der Waals surface area contributed by atoms with E-state index >= 15 is 0 Å². The Kier molecular flexibility index (Phi) is 5.66. The number of carbonyl (C=O) groups is 1. The molecule has 3 aromatic rings. The van der Waals surface area contributed by atoms with Crippen molar-refractivity contribution in [1.29, 1.82) is 0 Å². The van der Waals surface area contributed by atoms with Crippen LogP contribution in [0.3, 0.4) is 0 Å². The molecule has 0 atom stereocenters. The summed E-state index contributed by atoms with van der Waals surface area (Å²) in [5.41, 5.74) is 1.88. The molecule has 0 aliphatic heterocycles. The van der Waals surface area contributed by atoms with Gasteiger partial charge in [-0.1, -0.05) is 18.2 Å². The SMILES string of the molecule is COc1cc(/C=C(/CC(=O)O)c2nc3ccccc3s2)ccc1OC(F)F. The number of para-hydroxylation sites is 1. The van der Waals surface area contributed by atoms with Gasteiger partial charge in [0.15, 0.2) is 11.5 Å². The monoisotopic (exact) mass is 391 g/mol. The summed E-state index contributed by atoms with van der Waals surface area (Å²) >= 11 is 1.39. The van der Waals surface area contributed by atoms with Gasteiger partial charge in [-0.2, -0.15) is 8.78 Å². The molecule has 1 aromatic heterocycles. The second kappa shape index (κ2) is 8.13. The van der Waals surface area contributed by atoms with Crippen LogP contribution in [0.4, 0.5) is 8.78 Å². The molecule has 0 amide bonds. The van der Waals surface area contributed by atoms with E-state index in [2.05, 4.69) is 9.72 Å². The Bertz CT molecular complexity index is 967. The van der Waals surface area contributed by atoms with Gasteiger partial charge in [-0.05, 0) is 41.5 Å². The molecule has 8 heteroatoms. The molecule has 3 rings (SSSR count). The van der Waals surface area contributed by atoms with Crippen molar-refractivity contribution in [3.8, 4) is 11.5 Å². The maximum absolute atomic E-state index is 12.5. The molecule has 5 nitrogen and oxygen atoms in total. The minimum absolute atomic E-state index is 0.0931. The Morgan fingerprint density at radius 1 is 1.26 bits per heavy atom. The van der Waals surface area contributed by atoms with Crippen molar-refractivity contribution in [1.82, 2.24) is 4.98 Å². The van der Waals surface area contributed by atoms with E-state index in [-0.39, 0.29) is 17.9 Å². The lowest BCUT2D eigenvalue weighted by Gasteiger charge is -2.10. The van der Waals surface area contributed by atoms with Gasteiger partial charge in [0.1, 0.15) is 5.01 Å². The van der Waals surface area contributed by atoms with Crippen molar-refractivity contribution >= 4 is 39.2 Å². The zero-order valence-corrected chi connectivity index (χ0v) is 15.0. The molecule has 0 fully saturated rings. The van der Waals surface area contributed by atoms with Crippen LogP contribution in [0, 0.1) is 0 Å². The van der Waals surface area contributed by atoms with Crippen molar-refractivity contribution < 1.29 is 28.2 Å². The minimum atomic E-state index is -2.97. The molecular weight excluding hydrogens is 376 g/mol. The summed E-state index contributed by atoms with van der Waals surface area (Å²) in [6.45, 7) is -2.97. The maximum atomic E-state index is 12.5. The molecule has 0 saturated heterocycles. The van der Waals surface area contributed by atoms with Crippen LogP contribution in [0.25, 0.3) is 21.9 Å². The maximum Gasteiger partial charge on any atom is 0.387 e. The first-order valence-electron chi connectivity index (χ1n) is 7.87. The molecule has 1 N–H and O–H groups in total. The second-order valence-electron chi connectivity index (χ2n) is 5.52. The third-order valence-electron chi connectivity index (χ3n) is 3.65. The first kappa shape index (κ1) is 18.8. The molecule has 0 aliphatic carbocycles. The third-order valence-corrected chi connectivity index (χ3v) is 4.77. The van der Waals surface area contributed by atoms with Gasteiger partial charge in [-0.25, -0.2) is 4.98 Å². The minimum Gasteiger partial charge on any atom is -0.493 e. The number of benzene rings is 2. The normalized spacial score (nSPS) is 11.8. The summed E-state index contributed by atoms with van der Waals surface area (Å²) in [7, 11) is 1.34. The van der Waals surface area contributed by atoms with Gasteiger partial charge in [-0.3, -0.25) is 4.79 Å². The Morgan fingerprint density at radius 3 is 2.70 bits per heavy atom. The fourth-order valence-corrected chi connectivity index (χ4v) is 3.51. The van der Waals surface area contributed by atoms with E-state index < -0.39 is 12.6 Å². The van der Waals surface area contributed by atoms with Crippen LogP contribution >= 0.6 is 11.3 Å². The molecule has 1 heterocycles. The molecule has 140 valence electrons. The predicted octanol–water partition coefficient (Wildman–Crippen LogP) is 4.92. The lowest BCUT2D eigenvalue weighted by atomic mass is 10.1. The topological polar surface area (TPSA) is 68.7 Å². The lowest BCUT2D eigenvalue weighted by molar-refractivity contribution is -0.135. The van der Waals surface area contributed by atoms with Crippen molar-refractivity contribution in [2.75, 3.05) is 7.11 Å².